The largest absolute Gasteiger partial charge is 0.465 e. The van der Waals surface area contributed by atoms with Crippen LogP contribution in [0.4, 0.5) is 10.5 Å². The highest BCUT2D eigenvalue weighted by Crippen LogP contribution is 2.24. The van der Waals surface area contributed by atoms with Crippen LogP contribution in [0.25, 0.3) is 6.08 Å². The number of nitrogens with one attached hydrogen (secondary N) is 1. The lowest BCUT2D eigenvalue weighted by atomic mass is 10.2. The number of furan rings is 1. The summed E-state index contributed by atoms with van der Waals surface area (Å²) in [6, 6.07) is 11.9. The van der Waals surface area contributed by atoms with Crippen LogP contribution in [-0.4, -0.2) is 11.9 Å². The van der Waals surface area contributed by atoms with Gasteiger partial charge in [-0.15, -0.1) is 0 Å². The molecule has 1 aliphatic rings. The summed E-state index contributed by atoms with van der Waals surface area (Å²) in [5, 5.41) is 2.27. The average Bonchev–Trinajstić information content (AvgIpc) is 3.00. The number of para-hydroxylation sites is 1. The molecular formula is C14H10N2O3. The van der Waals surface area contributed by atoms with Crippen molar-refractivity contribution in [2.24, 2.45) is 0 Å². The Labute approximate surface area is 109 Å². The number of urea groups is 1. The highest BCUT2D eigenvalue weighted by Gasteiger charge is 2.34. The molecule has 19 heavy (non-hydrogen) atoms. The van der Waals surface area contributed by atoms with E-state index in [0.717, 1.165) is 0 Å². The van der Waals surface area contributed by atoms with Crippen molar-refractivity contribution in [1.29, 1.82) is 0 Å². The van der Waals surface area contributed by atoms with Crippen LogP contribution in [0.3, 0.4) is 0 Å². The summed E-state index contributed by atoms with van der Waals surface area (Å²) >= 11 is 0. The second-order valence-corrected chi connectivity index (χ2v) is 3.98. The van der Waals surface area contributed by atoms with Gasteiger partial charge in [0.1, 0.15) is 11.5 Å². The van der Waals surface area contributed by atoms with Gasteiger partial charge in [-0.05, 0) is 24.3 Å². The number of nitrogens with zero attached hydrogens (tertiary/aromatic N) is 1. The number of imide groups is 1. The molecule has 0 saturated carbocycles. The summed E-state index contributed by atoms with van der Waals surface area (Å²) < 4.78 is 5.17. The molecule has 5 heteroatoms. The lowest BCUT2D eigenvalue weighted by molar-refractivity contribution is -0.115. The Kier molecular flexibility index (Phi) is 2.64. The molecule has 0 radical (unpaired) electrons. The maximum absolute atomic E-state index is 11.8. The van der Waals surface area contributed by atoms with Crippen LogP contribution in [0.2, 0.25) is 0 Å². The van der Waals surface area contributed by atoms with Crippen molar-refractivity contribution in [3.63, 3.8) is 0 Å². The molecule has 1 saturated heterocycles. The van der Waals surface area contributed by atoms with Gasteiger partial charge in [-0.1, -0.05) is 18.2 Å². The van der Waals surface area contributed by atoms with E-state index < -0.39 is 11.9 Å². The molecule has 1 aromatic heterocycles. The van der Waals surface area contributed by atoms with Crippen LogP contribution < -0.4 is 10.2 Å². The molecule has 0 unspecified atom stereocenters. The van der Waals surface area contributed by atoms with Crippen molar-refractivity contribution in [2.45, 2.75) is 0 Å². The maximum atomic E-state index is 11.8. The molecular weight excluding hydrogens is 244 g/mol. The quantitative estimate of drug-likeness (QED) is 0.661. The third-order valence-corrected chi connectivity index (χ3v) is 2.73. The van der Waals surface area contributed by atoms with Crippen LogP contribution in [-0.2, 0) is 4.79 Å². The number of hydrogen-bond donors (Lipinski definition) is 1. The minimum atomic E-state index is -0.464. The molecule has 0 bridgehead atoms. The van der Waals surface area contributed by atoms with E-state index in [1.807, 2.05) is 6.07 Å². The van der Waals surface area contributed by atoms with Crippen LogP contribution >= 0.6 is 0 Å². The topological polar surface area (TPSA) is 62.6 Å². The molecule has 5 nitrogen and oxygen atoms in total. The van der Waals surface area contributed by atoms with Crippen molar-refractivity contribution in [3.8, 4) is 0 Å². The summed E-state index contributed by atoms with van der Waals surface area (Å²) in [5.74, 6) is 0.0750. The maximum Gasteiger partial charge on any atom is 0.333 e. The Bertz CT molecular complexity index is 645. The Morgan fingerprint density at radius 1 is 1.05 bits per heavy atom. The summed E-state index contributed by atoms with van der Waals surface area (Å²) in [6.07, 6.45) is 3.04. The average molecular weight is 254 g/mol. The zero-order valence-electron chi connectivity index (χ0n) is 9.87. The fourth-order valence-electron chi connectivity index (χ4n) is 1.90. The molecule has 1 aromatic carbocycles. The first-order valence-electron chi connectivity index (χ1n) is 5.71. The van der Waals surface area contributed by atoms with Gasteiger partial charge in [0.25, 0.3) is 5.91 Å². The highest BCUT2D eigenvalue weighted by atomic mass is 16.3. The number of hydrogen-bond acceptors (Lipinski definition) is 3. The smallest absolute Gasteiger partial charge is 0.333 e. The molecule has 1 aliphatic heterocycles. The van der Waals surface area contributed by atoms with Gasteiger partial charge in [-0.25, -0.2) is 4.79 Å². The molecule has 0 aliphatic carbocycles. The summed E-state index contributed by atoms with van der Waals surface area (Å²) in [6.45, 7) is 0. The molecule has 3 rings (SSSR count). The predicted octanol–water partition coefficient (Wildman–Crippen LogP) is 2.38. The van der Waals surface area contributed by atoms with Gasteiger partial charge in [-0.3, -0.25) is 15.0 Å². The van der Waals surface area contributed by atoms with Crippen molar-refractivity contribution in [2.75, 3.05) is 4.90 Å². The lowest BCUT2D eigenvalue weighted by Gasteiger charge is -2.14. The molecule has 2 aromatic rings. The monoisotopic (exact) mass is 254 g/mol. The molecule has 94 valence electrons. The highest BCUT2D eigenvalue weighted by molar-refractivity contribution is 6.23. The summed E-state index contributed by atoms with van der Waals surface area (Å²) in [5.41, 5.74) is 0.870. The van der Waals surface area contributed by atoms with Crippen LogP contribution in [0.1, 0.15) is 5.76 Å². The lowest BCUT2D eigenvalue weighted by Crippen LogP contribution is -2.27. The normalized spacial score (nSPS) is 17.1. The Balaban J connectivity index is 2.06. The number of carbonyl (C=O) groups is 2. The van der Waals surface area contributed by atoms with Gasteiger partial charge in [0.05, 0.1) is 12.0 Å². The fraction of sp³-hybridized carbons (Fsp3) is 0. The van der Waals surface area contributed by atoms with Crippen molar-refractivity contribution in [1.82, 2.24) is 5.32 Å². The summed E-state index contributed by atoms with van der Waals surface area (Å²) in [4.78, 5) is 25.0. The fourth-order valence-corrected chi connectivity index (χ4v) is 1.90. The van der Waals surface area contributed by atoms with Gasteiger partial charge in [0.15, 0.2) is 0 Å². The number of amides is 3. The number of anilines is 1. The van der Waals surface area contributed by atoms with E-state index in [9.17, 15) is 9.59 Å². The van der Waals surface area contributed by atoms with Gasteiger partial charge in [0.2, 0.25) is 0 Å². The first kappa shape index (κ1) is 11.3. The second-order valence-electron chi connectivity index (χ2n) is 3.98. The van der Waals surface area contributed by atoms with Crippen LogP contribution in [0.5, 0.6) is 0 Å². The Morgan fingerprint density at radius 2 is 1.84 bits per heavy atom. The third-order valence-electron chi connectivity index (χ3n) is 2.73. The van der Waals surface area contributed by atoms with Gasteiger partial charge < -0.3 is 4.42 Å². The zero-order valence-corrected chi connectivity index (χ0v) is 9.87. The standard InChI is InChI=1S/C14H10N2O3/c17-13-12(9-11-7-4-8-19-11)16(14(18)15-13)10-5-2-1-3-6-10/h1-9H,(H,15,17,18). The minimum absolute atomic E-state index is 0.242. The van der Waals surface area contributed by atoms with Crippen molar-refractivity contribution >= 4 is 23.7 Å². The molecule has 2 heterocycles. The number of rotatable bonds is 2. The van der Waals surface area contributed by atoms with E-state index in [1.54, 1.807) is 36.4 Å². The van der Waals surface area contributed by atoms with Gasteiger partial charge >= 0.3 is 6.03 Å². The second kappa shape index (κ2) is 4.45. The van der Waals surface area contributed by atoms with E-state index in [1.165, 1.54) is 17.2 Å². The number of benzene rings is 1. The minimum Gasteiger partial charge on any atom is -0.465 e. The third kappa shape index (κ3) is 2.01. The number of carbonyl (C=O) groups excluding carboxylic acids is 2. The van der Waals surface area contributed by atoms with E-state index in [-0.39, 0.29) is 5.70 Å². The van der Waals surface area contributed by atoms with Gasteiger partial charge in [0, 0.05) is 6.08 Å². The van der Waals surface area contributed by atoms with Crippen LogP contribution in [0, 0.1) is 0 Å². The van der Waals surface area contributed by atoms with Crippen LogP contribution in [0.15, 0.2) is 58.8 Å². The molecule has 1 fully saturated rings. The molecule has 1 N–H and O–H groups in total. The molecule has 0 spiro atoms. The van der Waals surface area contributed by atoms with Gasteiger partial charge in [-0.2, -0.15) is 0 Å². The van der Waals surface area contributed by atoms with E-state index in [2.05, 4.69) is 5.32 Å². The van der Waals surface area contributed by atoms with E-state index in [0.29, 0.717) is 11.4 Å². The van der Waals surface area contributed by atoms with Crippen molar-refractivity contribution < 1.29 is 14.0 Å². The summed E-state index contributed by atoms with van der Waals surface area (Å²) in [7, 11) is 0. The van der Waals surface area contributed by atoms with E-state index in [4.69, 9.17) is 4.42 Å². The van der Waals surface area contributed by atoms with Crippen molar-refractivity contribution in [3.05, 3.63) is 60.2 Å². The predicted molar refractivity (Wildman–Crippen MR) is 69.1 cm³/mol. The van der Waals surface area contributed by atoms with E-state index >= 15 is 0 Å². The molecule has 0 atom stereocenters. The first-order chi connectivity index (χ1) is 9.25. The first-order valence-corrected chi connectivity index (χ1v) is 5.71. The Morgan fingerprint density at radius 3 is 2.53 bits per heavy atom. The zero-order chi connectivity index (χ0) is 13.2. The Hall–Kier alpha value is -2.82. The SMILES string of the molecule is O=C1NC(=O)N(c2ccccc2)C1=Cc1ccco1. The molecule has 3 amide bonds.